The smallest absolute Gasteiger partial charge is 0.270 e. The monoisotopic (exact) mass is 452 g/mol. The van der Waals surface area contributed by atoms with Crippen LogP contribution >= 0.6 is 11.3 Å². The minimum Gasteiger partial charge on any atom is -0.378 e. The number of nitro benzene ring substituents is 1. The number of benzene rings is 1. The van der Waals surface area contributed by atoms with Crippen LogP contribution in [0, 0.1) is 21.4 Å². The summed E-state index contributed by atoms with van der Waals surface area (Å²) in [4.78, 5) is 39.9. The number of morpholine rings is 1. The fraction of sp³-hybridized carbons (Fsp3) is 0.200. The molecule has 1 aromatic carbocycles. The minimum absolute atomic E-state index is 0.0748. The highest BCUT2D eigenvalue weighted by atomic mass is 32.1. The second-order valence-corrected chi connectivity index (χ2v) is 7.85. The van der Waals surface area contributed by atoms with Crippen molar-refractivity contribution in [3.63, 3.8) is 0 Å². The highest BCUT2D eigenvalue weighted by molar-refractivity contribution is 7.07. The molecular formula is C20H16N6O5S. The maximum absolute atomic E-state index is 12.7. The van der Waals surface area contributed by atoms with Crippen molar-refractivity contribution in [2.45, 2.75) is 0 Å². The molecule has 12 heteroatoms. The molecule has 1 aliphatic heterocycles. The molecule has 1 amide bonds. The molecule has 0 radical (unpaired) electrons. The fourth-order valence-electron chi connectivity index (χ4n) is 3.23. The van der Waals surface area contributed by atoms with Gasteiger partial charge in [0.15, 0.2) is 5.57 Å². The van der Waals surface area contributed by atoms with Crippen molar-refractivity contribution in [2.24, 2.45) is 0 Å². The summed E-state index contributed by atoms with van der Waals surface area (Å²) >= 11 is 0.983. The summed E-state index contributed by atoms with van der Waals surface area (Å²) in [7, 11) is 0. The number of rotatable bonds is 4. The average molecular weight is 452 g/mol. The quantitative estimate of drug-likeness (QED) is 0.419. The first-order chi connectivity index (χ1) is 15.5. The summed E-state index contributed by atoms with van der Waals surface area (Å²) in [5, 5.41) is 27.4. The lowest BCUT2D eigenvalue weighted by Gasteiger charge is -2.26. The molecule has 2 N–H and O–H groups in total. The zero-order chi connectivity index (χ0) is 22.7. The van der Waals surface area contributed by atoms with E-state index in [1.807, 2.05) is 6.07 Å². The molecule has 1 fully saturated rings. The predicted octanol–water partition coefficient (Wildman–Crippen LogP) is 0.0966. The zero-order valence-electron chi connectivity index (χ0n) is 16.5. The van der Waals surface area contributed by atoms with Crippen LogP contribution in [0.4, 0.5) is 5.69 Å². The van der Waals surface area contributed by atoms with E-state index in [0.717, 1.165) is 11.3 Å². The van der Waals surface area contributed by atoms with Gasteiger partial charge in [-0.1, -0.05) is 12.1 Å². The van der Waals surface area contributed by atoms with Crippen LogP contribution in [0.15, 0.2) is 35.3 Å². The molecule has 162 valence electrons. The summed E-state index contributed by atoms with van der Waals surface area (Å²) in [5.74, 6) is -0.458. The van der Waals surface area contributed by atoms with Gasteiger partial charge in [-0.25, -0.2) is 0 Å². The lowest BCUT2D eigenvalue weighted by molar-refractivity contribution is -0.384. The Bertz CT molecular complexity index is 1410. The van der Waals surface area contributed by atoms with Crippen molar-refractivity contribution in [3.05, 3.63) is 65.7 Å². The van der Waals surface area contributed by atoms with Gasteiger partial charge >= 0.3 is 0 Å². The van der Waals surface area contributed by atoms with E-state index in [-0.39, 0.29) is 20.5 Å². The van der Waals surface area contributed by atoms with Crippen LogP contribution in [0.3, 0.4) is 0 Å². The molecule has 32 heavy (non-hydrogen) atoms. The molecule has 3 heterocycles. The van der Waals surface area contributed by atoms with Crippen molar-refractivity contribution in [3.8, 4) is 17.3 Å². The number of nitrogens with one attached hydrogen (secondary N) is 2. The summed E-state index contributed by atoms with van der Waals surface area (Å²) in [6.07, 6.45) is 3.04. The third kappa shape index (κ3) is 4.20. The number of amides is 1. The van der Waals surface area contributed by atoms with Crippen molar-refractivity contribution >= 4 is 34.6 Å². The summed E-state index contributed by atoms with van der Waals surface area (Å²) in [5.41, 5.74) is 0.884. The Morgan fingerprint density at radius 3 is 2.88 bits per heavy atom. The zero-order valence-corrected chi connectivity index (χ0v) is 17.3. The Morgan fingerprint density at radius 2 is 2.16 bits per heavy atom. The molecule has 0 bridgehead atoms. The molecule has 2 aromatic heterocycles. The van der Waals surface area contributed by atoms with Gasteiger partial charge in [-0.2, -0.15) is 10.4 Å². The predicted molar refractivity (Wildman–Crippen MR) is 115 cm³/mol. The Labute approximate surface area is 184 Å². The number of aromatic amines is 2. The highest BCUT2D eigenvalue weighted by Gasteiger charge is 2.22. The maximum atomic E-state index is 12.7. The first kappa shape index (κ1) is 21.2. The largest absolute Gasteiger partial charge is 0.378 e. The van der Waals surface area contributed by atoms with Gasteiger partial charge in [-0.3, -0.25) is 24.8 Å². The van der Waals surface area contributed by atoms with E-state index >= 15 is 0 Å². The van der Waals surface area contributed by atoms with Gasteiger partial charge in [0.1, 0.15) is 10.7 Å². The van der Waals surface area contributed by atoms with Crippen LogP contribution in [0.25, 0.3) is 22.9 Å². The van der Waals surface area contributed by atoms with Crippen molar-refractivity contribution in [1.82, 2.24) is 20.1 Å². The number of carbonyl (C=O) groups excluding carboxylic acids is 1. The standard InChI is InChI=1S/C20H16N6O5S/c21-10-15(20(28)25-4-6-31-7-5-25)19-23-18(27)16(32-19)9-13-11-22-24-17(13)12-2-1-3-14(8-12)26(29)30/h1-3,8-9,11H,4-7H2,(H,22,24)(H,23,27)/b16-9-,19-15-. The van der Waals surface area contributed by atoms with Gasteiger partial charge in [0.25, 0.3) is 17.2 Å². The third-order valence-electron chi connectivity index (χ3n) is 4.81. The highest BCUT2D eigenvalue weighted by Crippen LogP contribution is 2.25. The normalized spacial score (nSPS) is 15.3. The fourth-order valence-corrected chi connectivity index (χ4v) is 4.16. The number of non-ortho nitro benzene ring substituents is 1. The van der Waals surface area contributed by atoms with Gasteiger partial charge in [-0.05, 0) is 6.08 Å². The van der Waals surface area contributed by atoms with Crippen molar-refractivity contribution in [2.75, 3.05) is 26.3 Å². The second kappa shape index (κ2) is 8.96. The van der Waals surface area contributed by atoms with Crippen LogP contribution in [0.5, 0.6) is 0 Å². The molecule has 0 unspecified atom stereocenters. The van der Waals surface area contributed by atoms with E-state index in [0.29, 0.717) is 43.1 Å². The molecular weight excluding hydrogens is 436 g/mol. The molecule has 0 saturated carbocycles. The van der Waals surface area contributed by atoms with Crippen molar-refractivity contribution in [1.29, 1.82) is 5.26 Å². The van der Waals surface area contributed by atoms with Crippen molar-refractivity contribution < 1.29 is 14.5 Å². The summed E-state index contributed by atoms with van der Waals surface area (Å²) in [6, 6.07) is 7.92. The number of hydrogen-bond donors (Lipinski definition) is 2. The molecule has 1 aliphatic rings. The van der Waals surface area contributed by atoms with Crippen LogP contribution in [0.1, 0.15) is 5.56 Å². The number of ether oxygens (including phenoxy) is 1. The number of nitrogens with zero attached hydrogens (tertiary/aromatic N) is 4. The second-order valence-electron chi connectivity index (χ2n) is 6.79. The van der Waals surface area contributed by atoms with Crippen LogP contribution < -0.4 is 14.8 Å². The molecule has 11 nitrogen and oxygen atoms in total. The van der Waals surface area contributed by atoms with Gasteiger partial charge in [0, 0.05) is 36.3 Å². The SMILES string of the molecule is N#C/C(C(=O)N1CCOCC1)=c1\[nH]c(=O)/c(=C/c2cn[nH]c2-c2cccc([N+](=O)[O-])c2)s1. The first-order valence-corrected chi connectivity index (χ1v) is 10.3. The number of carbonyl (C=O) groups is 1. The summed E-state index contributed by atoms with van der Waals surface area (Å²) in [6.45, 7) is 1.54. The van der Waals surface area contributed by atoms with E-state index < -0.39 is 16.4 Å². The first-order valence-electron chi connectivity index (χ1n) is 9.48. The number of H-pyrrole nitrogens is 2. The van der Waals surface area contributed by atoms with Crippen LogP contribution in [0.2, 0.25) is 0 Å². The van der Waals surface area contributed by atoms with Gasteiger partial charge < -0.3 is 14.6 Å². The average Bonchev–Trinajstić information content (AvgIpc) is 3.42. The number of nitro groups is 1. The van der Waals surface area contributed by atoms with E-state index in [2.05, 4.69) is 15.2 Å². The molecule has 4 rings (SSSR count). The molecule has 0 atom stereocenters. The molecule has 0 aliphatic carbocycles. The molecule has 1 saturated heterocycles. The van der Waals surface area contributed by atoms with E-state index in [1.165, 1.54) is 23.2 Å². The Kier molecular flexibility index (Phi) is 5.93. The van der Waals surface area contributed by atoms with Crippen LogP contribution in [-0.2, 0) is 9.53 Å². The number of nitriles is 1. The number of thiazole rings is 1. The topological polar surface area (TPSA) is 158 Å². The minimum atomic E-state index is -0.496. The van der Waals surface area contributed by atoms with Crippen LogP contribution in [-0.4, -0.2) is 57.2 Å². The number of hydrogen-bond acceptors (Lipinski definition) is 8. The third-order valence-corrected chi connectivity index (χ3v) is 5.85. The summed E-state index contributed by atoms with van der Waals surface area (Å²) < 4.78 is 5.65. The molecule has 3 aromatic rings. The van der Waals surface area contributed by atoms with E-state index in [1.54, 1.807) is 18.2 Å². The van der Waals surface area contributed by atoms with Gasteiger partial charge in [0.2, 0.25) is 0 Å². The van der Waals surface area contributed by atoms with Gasteiger partial charge in [0.05, 0.1) is 34.6 Å². The molecule has 0 spiro atoms. The Hall–Kier alpha value is -4.08. The lowest BCUT2D eigenvalue weighted by Crippen LogP contribution is -2.42. The number of aromatic nitrogens is 3. The maximum Gasteiger partial charge on any atom is 0.270 e. The Balaban J connectivity index is 1.76. The lowest BCUT2D eigenvalue weighted by atomic mass is 10.1. The van der Waals surface area contributed by atoms with E-state index in [4.69, 9.17) is 4.74 Å². The van der Waals surface area contributed by atoms with Gasteiger partial charge in [-0.15, -0.1) is 11.3 Å². The Morgan fingerprint density at radius 1 is 1.38 bits per heavy atom. The van der Waals surface area contributed by atoms with E-state index in [9.17, 15) is 25.0 Å².